The van der Waals surface area contributed by atoms with Crippen LogP contribution in [0.5, 0.6) is 0 Å². The molecule has 1 heterocycles. The molecule has 0 saturated heterocycles. The summed E-state index contributed by atoms with van der Waals surface area (Å²) in [5.74, 6) is -0.680. The van der Waals surface area contributed by atoms with Crippen molar-refractivity contribution >= 4 is 11.6 Å². The first-order valence-electron chi connectivity index (χ1n) is 10.2. The number of hydrogen-bond acceptors (Lipinski definition) is 4. The molecule has 0 spiro atoms. The Kier molecular flexibility index (Phi) is 5.81. The van der Waals surface area contributed by atoms with Gasteiger partial charge in [-0.2, -0.15) is 9.78 Å². The van der Waals surface area contributed by atoms with Crippen molar-refractivity contribution in [1.82, 2.24) is 14.3 Å². The number of benzene rings is 3. The van der Waals surface area contributed by atoms with Crippen LogP contribution in [-0.2, 0) is 6.54 Å². The normalized spacial score (nSPS) is 10.7. The van der Waals surface area contributed by atoms with Crippen molar-refractivity contribution < 1.29 is 4.79 Å². The predicted molar refractivity (Wildman–Crippen MR) is 124 cm³/mol. The van der Waals surface area contributed by atoms with Gasteiger partial charge in [-0.15, -0.1) is 0 Å². The third-order valence-electron chi connectivity index (χ3n) is 5.14. The van der Waals surface area contributed by atoms with Crippen LogP contribution < -0.4 is 16.6 Å². The highest BCUT2D eigenvalue weighted by atomic mass is 16.2. The van der Waals surface area contributed by atoms with E-state index in [2.05, 4.69) is 10.4 Å². The highest BCUT2D eigenvalue weighted by Crippen LogP contribution is 2.10. The van der Waals surface area contributed by atoms with Crippen molar-refractivity contribution in [1.29, 1.82) is 0 Å². The largest absolute Gasteiger partial charge is 0.352 e. The minimum absolute atomic E-state index is 0.0320. The summed E-state index contributed by atoms with van der Waals surface area (Å²) in [6, 6.07) is 23.4. The number of carbonyl (C=O) groups excluding carboxylic acids is 1. The molecule has 0 aliphatic carbocycles. The molecule has 0 fully saturated rings. The van der Waals surface area contributed by atoms with Gasteiger partial charge in [0.25, 0.3) is 11.5 Å². The summed E-state index contributed by atoms with van der Waals surface area (Å²) in [5, 5.41) is 6.84. The number of aromatic nitrogens is 3. The molecule has 0 saturated carbocycles. The van der Waals surface area contributed by atoms with Crippen LogP contribution in [0.4, 0.5) is 5.69 Å². The average Bonchev–Trinajstić information content (AvgIpc) is 2.78. The van der Waals surface area contributed by atoms with Gasteiger partial charge in [0, 0.05) is 5.69 Å². The van der Waals surface area contributed by atoms with E-state index in [4.69, 9.17) is 0 Å². The molecule has 1 amide bonds. The summed E-state index contributed by atoms with van der Waals surface area (Å²) >= 11 is 0. The summed E-state index contributed by atoms with van der Waals surface area (Å²) in [4.78, 5) is 39.5. The van der Waals surface area contributed by atoms with Crippen LogP contribution in [0, 0.1) is 13.8 Å². The maximum Gasteiger partial charge on any atom is 0.352 e. The lowest BCUT2D eigenvalue weighted by Gasteiger charge is -2.13. The summed E-state index contributed by atoms with van der Waals surface area (Å²) in [7, 11) is 0. The fourth-order valence-corrected chi connectivity index (χ4v) is 3.39. The number of nitrogens with one attached hydrogen (secondary N) is 1. The number of amides is 1. The first-order chi connectivity index (χ1) is 15.4. The quantitative estimate of drug-likeness (QED) is 0.531. The van der Waals surface area contributed by atoms with E-state index in [1.54, 1.807) is 42.5 Å². The third kappa shape index (κ3) is 4.27. The highest BCUT2D eigenvalue weighted by molar-refractivity contribution is 6.02. The molecule has 1 N–H and O–H groups in total. The van der Waals surface area contributed by atoms with Crippen LogP contribution in [0.2, 0.25) is 0 Å². The molecule has 0 atom stereocenters. The monoisotopic (exact) mass is 426 g/mol. The summed E-state index contributed by atoms with van der Waals surface area (Å²) in [6.45, 7) is 3.83. The van der Waals surface area contributed by atoms with Crippen LogP contribution in [0.1, 0.15) is 27.2 Å². The highest BCUT2D eigenvalue weighted by Gasteiger charge is 2.21. The van der Waals surface area contributed by atoms with E-state index in [1.165, 1.54) is 0 Å². The van der Waals surface area contributed by atoms with Gasteiger partial charge in [0.05, 0.1) is 12.2 Å². The Bertz CT molecular complexity index is 1400. The van der Waals surface area contributed by atoms with Gasteiger partial charge in [-0.05, 0) is 54.8 Å². The Morgan fingerprint density at radius 2 is 1.62 bits per heavy atom. The lowest BCUT2D eigenvalue weighted by atomic mass is 10.1. The minimum atomic E-state index is -0.740. The topological polar surface area (TPSA) is 86.0 Å². The van der Waals surface area contributed by atoms with Crippen molar-refractivity contribution in [3.05, 3.63) is 122 Å². The number of rotatable bonds is 5. The van der Waals surface area contributed by atoms with Crippen LogP contribution in [0.25, 0.3) is 5.69 Å². The Labute approximate surface area is 184 Å². The molecule has 1 aromatic heterocycles. The van der Waals surface area contributed by atoms with Gasteiger partial charge in [-0.3, -0.25) is 14.2 Å². The Balaban J connectivity index is 1.88. The summed E-state index contributed by atoms with van der Waals surface area (Å²) in [5.41, 5.74) is 1.96. The molecule has 4 rings (SSSR count). The first-order valence-corrected chi connectivity index (χ1v) is 10.2. The van der Waals surface area contributed by atoms with Gasteiger partial charge in [0.15, 0.2) is 0 Å². The zero-order valence-corrected chi connectivity index (χ0v) is 17.8. The fourth-order valence-electron chi connectivity index (χ4n) is 3.39. The molecule has 0 radical (unpaired) electrons. The predicted octanol–water partition coefficient (Wildman–Crippen LogP) is 3.31. The number of hydrogen-bond donors (Lipinski definition) is 1. The number of aryl methyl sites for hydroxylation is 2. The number of para-hydroxylation sites is 1. The number of anilines is 1. The van der Waals surface area contributed by atoms with E-state index in [1.807, 2.05) is 50.2 Å². The molecule has 0 bridgehead atoms. The van der Waals surface area contributed by atoms with Gasteiger partial charge in [-0.1, -0.05) is 54.6 Å². The second-order valence-electron chi connectivity index (χ2n) is 7.52. The lowest BCUT2D eigenvalue weighted by Crippen LogP contribution is -2.45. The molecule has 3 aromatic carbocycles. The van der Waals surface area contributed by atoms with E-state index in [0.29, 0.717) is 11.4 Å². The third-order valence-corrected chi connectivity index (χ3v) is 5.14. The fraction of sp³-hybridized carbons (Fsp3) is 0.120. The van der Waals surface area contributed by atoms with E-state index in [9.17, 15) is 14.4 Å². The Hall–Kier alpha value is -4.26. The molecule has 7 heteroatoms. The van der Waals surface area contributed by atoms with E-state index in [-0.39, 0.29) is 12.2 Å². The van der Waals surface area contributed by atoms with E-state index >= 15 is 0 Å². The molecule has 0 aliphatic rings. The molecule has 4 aromatic rings. The van der Waals surface area contributed by atoms with Crippen LogP contribution >= 0.6 is 0 Å². The molecule has 32 heavy (non-hydrogen) atoms. The van der Waals surface area contributed by atoms with Crippen molar-refractivity contribution in [3.8, 4) is 5.69 Å². The Morgan fingerprint density at radius 3 is 2.34 bits per heavy atom. The van der Waals surface area contributed by atoms with Crippen molar-refractivity contribution in [2.45, 2.75) is 20.4 Å². The second-order valence-corrected chi connectivity index (χ2v) is 7.52. The number of carbonyl (C=O) groups is 1. The maximum absolute atomic E-state index is 13.3. The molecular formula is C25H22N4O3. The Morgan fingerprint density at radius 1 is 0.906 bits per heavy atom. The second kappa shape index (κ2) is 8.85. The smallest absolute Gasteiger partial charge is 0.320 e. The lowest BCUT2D eigenvalue weighted by molar-refractivity contribution is 0.101. The van der Waals surface area contributed by atoms with Crippen LogP contribution in [0.15, 0.2) is 88.5 Å². The van der Waals surface area contributed by atoms with Crippen LogP contribution in [0.3, 0.4) is 0 Å². The molecule has 0 unspecified atom stereocenters. The first kappa shape index (κ1) is 21.0. The standard InChI is InChI=1S/C25H22N4O3/c1-17-9-8-14-21(15-17)29-25(32)28(16-19-11-7-6-10-18(19)2)24(31)22(27-29)23(30)26-20-12-4-3-5-13-20/h3-15H,16H2,1-2H3,(H,26,30). The van der Waals surface area contributed by atoms with Gasteiger partial charge >= 0.3 is 5.69 Å². The van der Waals surface area contributed by atoms with Crippen molar-refractivity contribution in [3.63, 3.8) is 0 Å². The summed E-state index contributed by atoms with van der Waals surface area (Å²) in [6.07, 6.45) is 0. The van der Waals surface area contributed by atoms with Gasteiger partial charge in [0.1, 0.15) is 0 Å². The number of nitrogens with zero attached hydrogens (tertiary/aromatic N) is 3. The molecule has 0 aliphatic heterocycles. The van der Waals surface area contributed by atoms with Gasteiger partial charge in [0.2, 0.25) is 5.69 Å². The minimum Gasteiger partial charge on any atom is -0.320 e. The average molecular weight is 426 g/mol. The van der Waals surface area contributed by atoms with Crippen LogP contribution in [-0.4, -0.2) is 20.3 Å². The van der Waals surface area contributed by atoms with Gasteiger partial charge < -0.3 is 5.32 Å². The maximum atomic E-state index is 13.3. The SMILES string of the molecule is Cc1cccc(-n2nc(C(=O)Nc3ccccc3)c(=O)n(Cc3ccccc3C)c2=O)c1. The van der Waals surface area contributed by atoms with Gasteiger partial charge in [-0.25, -0.2) is 4.79 Å². The van der Waals surface area contributed by atoms with Crippen molar-refractivity contribution in [2.75, 3.05) is 5.32 Å². The van der Waals surface area contributed by atoms with E-state index < -0.39 is 17.2 Å². The zero-order chi connectivity index (χ0) is 22.7. The zero-order valence-electron chi connectivity index (χ0n) is 17.8. The molecular weight excluding hydrogens is 404 g/mol. The molecule has 7 nitrogen and oxygen atoms in total. The summed E-state index contributed by atoms with van der Waals surface area (Å²) < 4.78 is 2.16. The molecule has 160 valence electrons. The van der Waals surface area contributed by atoms with E-state index in [0.717, 1.165) is 25.9 Å². The van der Waals surface area contributed by atoms with Crippen molar-refractivity contribution in [2.24, 2.45) is 0 Å².